The van der Waals surface area contributed by atoms with Crippen LogP contribution < -0.4 is 5.32 Å². The van der Waals surface area contributed by atoms with E-state index in [1.54, 1.807) is 11.3 Å². The van der Waals surface area contributed by atoms with Crippen LogP contribution in [0, 0.1) is 0 Å². The van der Waals surface area contributed by atoms with Crippen LogP contribution in [0.3, 0.4) is 0 Å². The Balaban J connectivity index is 1.99. The Bertz CT molecular complexity index is 522. The molecule has 20 heavy (non-hydrogen) atoms. The van der Waals surface area contributed by atoms with Gasteiger partial charge in [-0.25, -0.2) is 4.98 Å². The normalized spacial score (nSPS) is 14.2. The van der Waals surface area contributed by atoms with Crippen LogP contribution in [-0.4, -0.2) is 28.8 Å². The highest BCUT2D eigenvalue weighted by atomic mass is 32.1. The van der Waals surface area contributed by atoms with E-state index in [0.29, 0.717) is 13.0 Å². The van der Waals surface area contributed by atoms with Crippen LogP contribution in [0.1, 0.15) is 25.3 Å². The highest BCUT2D eigenvalue weighted by Crippen LogP contribution is 2.24. The zero-order valence-corrected chi connectivity index (χ0v) is 12.9. The van der Waals surface area contributed by atoms with Gasteiger partial charge in [-0.3, -0.25) is 0 Å². The van der Waals surface area contributed by atoms with Gasteiger partial charge in [0.2, 0.25) is 0 Å². The summed E-state index contributed by atoms with van der Waals surface area (Å²) in [5.41, 5.74) is 1.36. The van der Waals surface area contributed by atoms with Crippen LogP contribution in [-0.2, 0) is 6.42 Å². The number of thiazole rings is 1. The van der Waals surface area contributed by atoms with E-state index < -0.39 is 5.60 Å². The van der Waals surface area contributed by atoms with Gasteiger partial charge in [-0.15, -0.1) is 11.3 Å². The lowest BCUT2D eigenvalue weighted by molar-refractivity contribution is 0.0603. The van der Waals surface area contributed by atoms with Gasteiger partial charge in [-0.1, -0.05) is 37.3 Å². The highest BCUT2D eigenvalue weighted by molar-refractivity contribution is 7.09. The molecule has 0 bridgehead atoms. The van der Waals surface area contributed by atoms with Crippen LogP contribution in [0.2, 0.25) is 0 Å². The first-order valence-electron chi connectivity index (χ1n) is 7.03. The summed E-state index contributed by atoms with van der Waals surface area (Å²) in [6, 6.07) is 10.1. The Hall–Kier alpha value is -1.23. The maximum Gasteiger partial charge on any atom is 0.0961 e. The summed E-state index contributed by atoms with van der Waals surface area (Å²) in [6.07, 6.45) is 1.66. The molecular weight excluding hydrogens is 268 g/mol. The lowest BCUT2D eigenvalue weighted by Crippen LogP contribution is -2.39. The Morgan fingerprint density at radius 2 is 2.05 bits per heavy atom. The molecule has 0 aliphatic carbocycles. The number of nitrogens with one attached hydrogen (secondary N) is 1. The lowest BCUT2D eigenvalue weighted by atomic mass is 10.0. The van der Waals surface area contributed by atoms with E-state index in [1.165, 1.54) is 0 Å². The minimum Gasteiger partial charge on any atom is -0.388 e. The third-order valence-corrected chi connectivity index (χ3v) is 3.93. The van der Waals surface area contributed by atoms with Gasteiger partial charge in [-0.2, -0.15) is 0 Å². The van der Waals surface area contributed by atoms with Crippen molar-refractivity contribution in [2.75, 3.05) is 13.1 Å². The first kappa shape index (κ1) is 15.2. The van der Waals surface area contributed by atoms with E-state index in [4.69, 9.17) is 0 Å². The standard InChI is InChI=1S/C16H22N2OS/c1-3-9-17-12-16(2,19)10-15-18-14(11-20-15)13-7-5-4-6-8-13/h4-8,11,17,19H,3,9-10,12H2,1-2H3. The van der Waals surface area contributed by atoms with E-state index in [0.717, 1.165) is 29.2 Å². The van der Waals surface area contributed by atoms with Gasteiger partial charge < -0.3 is 10.4 Å². The molecule has 1 aromatic heterocycles. The van der Waals surface area contributed by atoms with Crippen LogP contribution >= 0.6 is 11.3 Å². The molecule has 3 nitrogen and oxygen atoms in total. The molecule has 0 saturated heterocycles. The predicted molar refractivity (Wildman–Crippen MR) is 85.0 cm³/mol. The molecule has 0 radical (unpaired) electrons. The van der Waals surface area contributed by atoms with Crippen LogP contribution in [0.5, 0.6) is 0 Å². The molecule has 2 aromatic rings. The van der Waals surface area contributed by atoms with Crippen LogP contribution in [0.15, 0.2) is 35.7 Å². The topological polar surface area (TPSA) is 45.1 Å². The summed E-state index contributed by atoms with van der Waals surface area (Å²) < 4.78 is 0. The van der Waals surface area contributed by atoms with Gasteiger partial charge in [0.1, 0.15) is 0 Å². The molecule has 0 fully saturated rings. The summed E-state index contributed by atoms with van der Waals surface area (Å²) in [4.78, 5) is 4.62. The van der Waals surface area contributed by atoms with Gasteiger partial charge in [-0.05, 0) is 19.9 Å². The van der Waals surface area contributed by atoms with E-state index in [2.05, 4.69) is 34.7 Å². The molecule has 0 aliphatic rings. The second kappa shape index (κ2) is 6.97. The zero-order valence-electron chi connectivity index (χ0n) is 12.1. The minimum atomic E-state index is -0.749. The Morgan fingerprint density at radius 1 is 1.30 bits per heavy atom. The quantitative estimate of drug-likeness (QED) is 0.770. The van der Waals surface area contributed by atoms with Crippen molar-refractivity contribution in [2.24, 2.45) is 0 Å². The number of hydrogen-bond acceptors (Lipinski definition) is 4. The molecule has 108 valence electrons. The Kier molecular flexibility index (Phi) is 5.29. The summed E-state index contributed by atoms with van der Waals surface area (Å²) in [6.45, 7) is 5.51. The first-order valence-corrected chi connectivity index (χ1v) is 7.91. The van der Waals surface area contributed by atoms with Crippen molar-refractivity contribution in [2.45, 2.75) is 32.3 Å². The molecule has 0 amide bonds. The lowest BCUT2D eigenvalue weighted by Gasteiger charge is -2.22. The molecule has 1 aromatic carbocycles. The third-order valence-electron chi connectivity index (χ3n) is 3.09. The molecule has 1 unspecified atom stereocenters. The molecule has 0 saturated carbocycles. The molecule has 1 heterocycles. The minimum absolute atomic E-state index is 0.585. The number of aromatic nitrogens is 1. The van der Waals surface area contributed by atoms with Gasteiger partial charge >= 0.3 is 0 Å². The number of nitrogens with zero attached hydrogens (tertiary/aromatic N) is 1. The van der Waals surface area contributed by atoms with Crippen molar-refractivity contribution in [1.82, 2.24) is 10.3 Å². The van der Waals surface area contributed by atoms with Crippen molar-refractivity contribution in [1.29, 1.82) is 0 Å². The monoisotopic (exact) mass is 290 g/mol. The largest absolute Gasteiger partial charge is 0.388 e. The van der Waals surface area contributed by atoms with Crippen molar-refractivity contribution in [3.8, 4) is 11.3 Å². The summed E-state index contributed by atoms with van der Waals surface area (Å²) >= 11 is 1.61. The van der Waals surface area contributed by atoms with Crippen LogP contribution in [0.25, 0.3) is 11.3 Å². The maximum absolute atomic E-state index is 10.4. The average molecular weight is 290 g/mol. The van der Waals surface area contributed by atoms with Crippen molar-refractivity contribution < 1.29 is 5.11 Å². The van der Waals surface area contributed by atoms with Crippen LogP contribution in [0.4, 0.5) is 0 Å². The zero-order chi connectivity index (χ0) is 14.4. The summed E-state index contributed by atoms with van der Waals surface area (Å²) in [5.74, 6) is 0. The van der Waals surface area contributed by atoms with Crippen molar-refractivity contribution in [3.05, 3.63) is 40.7 Å². The Morgan fingerprint density at radius 3 is 2.75 bits per heavy atom. The second-order valence-electron chi connectivity index (χ2n) is 5.34. The summed E-state index contributed by atoms with van der Waals surface area (Å²) in [7, 11) is 0. The fourth-order valence-corrected chi connectivity index (χ4v) is 3.04. The molecule has 2 N–H and O–H groups in total. The third kappa shape index (κ3) is 4.40. The molecule has 1 atom stereocenters. The average Bonchev–Trinajstić information content (AvgIpc) is 2.87. The summed E-state index contributed by atoms with van der Waals surface area (Å²) in [5, 5.41) is 16.7. The number of rotatable bonds is 7. The van der Waals surface area contributed by atoms with Gasteiger partial charge in [0.05, 0.1) is 16.3 Å². The molecule has 4 heteroatoms. The maximum atomic E-state index is 10.4. The predicted octanol–water partition coefficient (Wildman–Crippen LogP) is 3.10. The highest BCUT2D eigenvalue weighted by Gasteiger charge is 2.22. The van der Waals surface area contributed by atoms with E-state index >= 15 is 0 Å². The van der Waals surface area contributed by atoms with Crippen molar-refractivity contribution in [3.63, 3.8) is 0 Å². The number of aliphatic hydroxyl groups is 1. The fraction of sp³-hybridized carbons (Fsp3) is 0.438. The molecule has 2 rings (SSSR count). The SMILES string of the molecule is CCCNCC(C)(O)Cc1nc(-c2ccccc2)cs1. The smallest absolute Gasteiger partial charge is 0.0961 e. The molecule has 0 spiro atoms. The molecule has 0 aliphatic heterocycles. The number of benzene rings is 1. The fourth-order valence-electron chi connectivity index (χ4n) is 2.06. The van der Waals surface area contributed by atoms with E-state index in [1.807, 2.05) is 25.1 Å². The molecular formula is C16H22N2OS. The van der Waals surface area contributed by atoms with E-state index in [-0.39, 0.29) is 0 Å². The van der Waals surface area contributed by atoms with Crippen molar-refractivity contribution >= 4 is 11.3 Å². The van der Waals surface area contributed by atoms with Gasteiger partial charge in [0.15, 0.2) is 0 Å². The van der Waals surface area contributed by atoms with Gasteiger partial charge in [0, 0.05) is 23.9 Å². The number of hydrogen-bond donors (Lipinski definition) is 2. The second-order valence-corrected chi connectivity index (χ2v) is 6.29. The Labute approximate surface area is 124 Å². The van der Waals surface area contributed by atoms with E-state index in [9.17, 15) is 5.11 Å². The van der Waals surface area contributed by atoms with Gasteiger partial charge in [0.25, 0.3) is 0 Å². The first-order chi connectivity index (χ1) is 9.61.